The van der Waals surface area contributed by atoms with E-state index >= 15 is 0 Å². The number of esters is 1. The van der Waals surface area contributed by atoms with E-state index in [1.807, 2.05) is 42.5 Å². The van der Waals surface area contributed by atoms with Gasteiger partial charge in [-0.05, 0) is 43.7 Å². The number of ether oxygens (including phenoxy) is 2. The molecule has 32 heavy (non-hydrogen) atoms. The fraction of sp³-hybridized carbons (Fsp3) is 0.621. The summed E-state index contributed by atoms with van der Waals surface area (Å²) in [6.07, 6.45) is 25.4. The molecule has 1 aromatic carbocycles. The molecule has 0 radical (unpaired) electrons. The van der Waals surface area contributed by atoms with E-state index in [2.05, 4.69) is 19.1 Å². The highest BCUT2D eigenvalue weighted by Gasteiger charge is 2.01. The third-order valence-corrected chi connectivity index (χ3v) is 5.48. The van der Waals surface area contributed by atoms with Crippen molar-refractivity contribution in [3.8, 4) is 0 Å². The third-order valence-electron chi connectivity index (χ3n) is 5.48. The van der Waals surface area contributed by atoms with Crippen molar-refractivity contribution in [2.75, 3.05) is 13.2 Å². The normalized spacial score (nSPS) is 11.5. The van der Waals surface area contributed by atoms with E-state index < -0.39 is 0 Å². The van der Waals surface area contributed by atoms with Gasteiger partial charge in [0.1, 0.15) is 6.61 Å². The quantitative estimate of drug-likeness (QED) is 0.109. The average molecular weight is 443 g/mol. The van der Waals surface area contributed by atoms with Crippen molar-refractivity contribution in [2.45, 2.75) is 103 Å². The molecule has 0 heterocycles. The van der Waals surface area contributed by atoms with Crippen LogP contribution >= 0.6 is 0 Å². The summed E-state index contributed by atoms with van der Waals surface area (Å²) in [6.45, 7) is 3.72. The Hall–Kier alpha value is -1.87. The van der Waals surface area contributed by atoms with Gasteiger partial charge in [0.25, 0.3) is 0 Å². The first-order valence-corrected chi connectivity index (χ1v) is 12.9. The molecular weight excluding hydrogens is 396 g/mol. The minimum absolute atomic E-state index is 0.0996. The summed E-state index contributed by atoms with van der Waals surface area (Å²) in [7, 11) is 0. The summed E-state index contributed by atoms with van der Waals surface area (Å²) in [5.74, 6) is -0.0996. The van der Waals surface area contributed by atoms with Crippen LogP contribution in [0.3, 0.4) is 0 Å². The molecule has 0 amide bonds. The molecule has 1 rings (SSSR count). The first kappa shape index (κ1) is 28.2. The van der Waals surface area contributed by atoms with Gasteiger partial charge in [0.2, 0.25) is 0 Å². The molecule has 0 aromatic heterocycles. The van der Waals surface area contributed by atoms with E-state index in [1.165, 1.54) is 70.6 Å². The molecular formula is C29H46O3. The number of rotatable bonds is 21. The van der Waals surface area contributed by atoms with Crippen LogP contribution in [0.15, 0.2) is 54.6 Å². The Bertz CT molecular complexity index is 592. The second kappa shape index (κ2) is 22.3. The lowest BCUT2D eigenvalue weighted by Gasteiger charge is -2.03. The zero-order chi connectivity index (χ0) is 23.0. The van der Waals surface area contributed by atoms with E-state index in [9.17, 15) is 4.79 Å². The molecule has 180 valence electrons. The Kier molecular flexibility index (Phi) is 19.7. The lowest BCUT2D eigenvalue weighted by Crippen LogP contribution is -2.04. The fourth-order valence-electron chi connectivity index (χ4n) is 3.51. The number of benzene rings is 1. The van der Waals surface area contributed by atoms with Crippen LogP contribution in [-0.2, 0) is 20.9 Å². The molecule has 0 N–H and O–H groups in total. The van der Waals surface area contributed by atoms with Gasteiger partial charge in [-0.15, -0.1) is 0 Å². The van der Waals surface area contributed by atoms with Crippen LogP contribution in [-0.4, -0.2) is 19.2 Å². The number of hydrogen-bond donors (Lipinski definition) is 0. The number of unbranched alkanes of at least 4 members (excludes halogenated alkanes) is 11. The number of carbonyl (C=O) groups is 1. The zero-order valence-electron chi connectivity index (χ0n) is 20.4. The SMILES string of the molecule is CCCCCCCCC=CCCCCCCCC(=O)OCC=CCOCc1ccccc1. The number of hydrogen-bond acceptors (Lipinski definition) is 3. The molecule has 0 spiro atoms. The molecule has 3 nitrogen and oxygen atoms in total. The predicted molar refractivity (Wildman–Crippen MR) is 136 cm³/mol. The topological polar surface area (TPSA) is 35.5 Å². The summed E-state index contributed by atoms with van der Waals surface area (Å²) >= 11 is 0. The summed E-state index contributed by atoms with van der Waals surface area (Å²) in [6, 6.07) is 10.1. The van der Waals surface area contributed by atoms with Crippen molar-refractivity contribution in [1.29, 1.82) is 0 Å². The molecule has 0 saturated carbocycles. The molecule has 0 aliphatic rings. The molecule has 0 aliphatic carbocycles. The number of allylic oxidation sites excluding steroid dienone is 2. The summed E-state index contributed by atoms with van der Waals surface area (Å²) in [5.41, 5.74) is 1.16. The lowest BCUT2D eigenvalue weighted by molar-refractivity contribution is -0.142. The van der Waals surface area contributed by atoms with E-state index in [1.54, 1.807) is 0 Å². The molecule has 0 bridgehead atoms. The van der Waals surface area contributed by atoms with Crippen molar-refractivity contribution in [3.63, 3.8) is 0 Å². The molecule has 3 heteroatoms. The Morgan fingerprint density at radius 1 is 0.719 bits per heavy atom. The van der Waals surface area contributed by atoms with Crippen LogP contribution in [0, 0.1) is 0 Å². The predicted octanol–water partition coefficient (Wildman–Crippen LogP) is 8.34. The van der Waals surface area contributed by atoms with Gasteiger partial charge in [-0.1, -0.05) is 107 Å². The summed E-state index contributed by atoms with van der Waals surface area (Å²) in [4.78, 5) is 11.8. The van der Waals surface area contributed by atoms with E-state index in [4.69, 9.17) is 9.47 Å². The fourth-order valence-corrected chi connectivity index (χ4v) is 3.51. The maximum atomic E-state index is 11.8. The van der Waals surface area contributed by atoms with Crippen LogP contribution in [0.1, 0.15) is 102 Å². The smallest absolute Gasteiger partial charge is 0.306 e. The lowest BCUT2D eigenvalue weighted by atomic mass is 10.1. The highest BCUT2D eigenvalue weighted by atomic mass is 16.5. The van der Waals surface area contributed by atoms with Gasteiger partial charge in [-0.2, -0.15) is 0 Å². The second-order valence-electron chi connectivity index (χ2n) is 8.49. The highest BCUT2D eigenvalue weighted by Crippen LogP contribution is 2.10. The van der Waals surface area contributed by atoms with Crippen LogP contribution in [0.25, 0.3) is 0 Å². The Morgan fingerprint density at radius 3 is 2.00 bits per heavy atom. The molecule has 1 aromatic rings. The van der Waals surface area contributed by atoms with Crippen molar-refractivity contribution in [1.82, 2.24) is 0 Å². The maximum Gasteiger partial charge on any atom is 0.306 e. The van der Waals surface area contributed by atoms with Crippen molar-refractivity contribution in [2.24, 2.45) is 0 Å². The highest BCUT2D eigenvalue weighted by molar-refractivity contribution is 5.69. The van der Waals surface area contributed by atoms with Gasteiger partial charge < -0.3 is 9.47 Å². The van der Waals surface area contributed by atoms with Gasteiger partial charge in [0.15, 0.2) is 0 Å². The molecule has 0 unspecified atom stereocenters. The molecule has 0 aliphatic heterocycles. The van der Waals surface area contributed by atoms with Gasteiger partial charge in [-0.25, -0.2) is 0 Å². The van der Waals surface area contributed by atoms with Crippen molar-refractivity contribution >= 4 is 5.97 Å². The Labute approximate surface area is 197 Å². The van der Waals surface area contributed by atoms with Crippen molar-refractivity contribution in [3.05, 3.63) is 60.2 Å². The van der Waals surface area contributed by atoms with Crippen LogP contribution in [0.5, 0.6) is 0 Å². The first-order valence-electron chi connectivity index (χ1n) is 12.9. The monoisotopic (exact) mass is 442 g/mol. The standard InChI is InChI=1S/C29H46O3/c1-2-3-4-5-6-7-8-9-10-11-12-13-14-15-19-24-29(30)32-26-21-20-25-31-27-28-22-17-16-18-23-28/h9-10,16-18,20-23H,2-8,11-15,19,24-27H2,1H3. The van der Waals surface area contributed by atoms with Gasteiger partial charge in [-0.3, -0.25) is 4.79 Å². The van der Waals surface area contributed by atoms with Gasteiger partial charge in [0.05, 0.1) is 13.2 Å². The molecule has 0 saturated heterocycles. The molecule has 0 atom stereocenters. The largest absolute Gasteiger partial charge is 0.461 e. The van der Waals surface area contributed by atoms with Crippen molar-refractivity contribution < 1.29 is 14.3 Å². The van der Waals surface area contributed by atoms with E-state index in [0.717, 1.165) is 18.4 Å². The zero-order valence-corrected chi connectivity index (χ0v) is 20.4. The second-order valence-corrected chi connectivity index (χ2v) is 8.49. The van der Waals surface area contributed by atoms with E-state index in [0.29, 0.717) is 26.2 Å². The van der Waals surface area contributed by atoms with Crippen LogP contribution in [0.4, 0.5) is 0 Å². The Morgan fingerprint density at radius 2 is 1.31 bits per heavy atom. The minimum Gasteiger partial charge on any atom is -0.461 e. The molecule has 0 fully saturated rings. The van der Waals surface area contributed by atoms with Crippen LogP contribution < -0.4 is 0 Å². The summed E-state index contributed by atoms with van der Waals surface area (Å²) in [5, 5.41) is 0. The van der Waals surface area contributed by atoms with Gasteiger partial charge >= 0.3 is 5.97 Å². The number of carbonyl (C=O) groups excluding carboxylic acids is 1. The first-order chi connectivity index (χ1) is 15.8. The maximum absolute atomic E-state index is 11.8. The van der Waals surface area contributed by atoms with Crippen LogP contribution in [0.2, 0.25) is 0 Å². The third kappa shape index (κ3) is 18.9. The Balaban J connectivity index is 1.81. The average Bonchev–Trinajstić information content (AvgIpc) is 2.81. The minimum atomic E-state index is -0.0996. The summed E-state index contributed by atoms with van der Waals surface area (Å²) < 4.78 is 10.8. The van der Waals surface area contributed by atoms with Gasteiger partial charge in [0, 0.05) is 6.42 Å². The van der Waals surface area contributed by atoms with E-state index in [-0.39, 0.29) is 5.97 Å².